The number of halogens is 1. The number of non-ortho nitro benzene ring substituents is 1. The largest absolute Gasteiger partial charge is 0.279 e. The first-order valence-corrected chi connectivity index (χ1v) is 5.89. The van der Waals surface area contributed by atoms with Gasteiger partial charge in [0.05, 0.1) is 15.9 Å². The summed E-state index contributed by atoms with van der Waals surface area (Å²) in [5.74, 6) is 0. The molecule has 92 valence electrons. The van der Waals surface area contributed by atoms with Crippen LogP contribution in [0.4, 0.5) is 11.4 Å². The fourth-order valence-electron chi connectivity index (χ4n) is 1.40. The molecule has 0 N–H and O–H groups in total. The third-order valence-electron chi connectivity index (χ3n) is 2.29. The van der Waals surface area contributed by atoms with Crippen LogP contribution < -0.4 is 0 Å². The van der Waals surface area contributed by atoms with Crippen molar-refractivity contribution in [3.8, 4) is 0 Å². The molecule has 1 rings (SSSR count). The molecule has 0 aliphatic rings. The Labute approximate surface area is 106 Å². The maximum absolute atomic E-state index is 10.8. The molecule has 0 aromatic heterocycles. The number of alkyl halides is 1. The number of hydrogen-bond acceptors (Lipinski definition) is 4. The van der Waals surface area contributed by atoms with E-state index in [0.29, 0.717) is 12.0 Å². The molecule has 0 saturated carbocycles. The van der Waals surface area contributed by atoms with E-state index in [1.54, 1.807) is 0 Å². The lowest BCUT2D eigenvalue weighted by molar-refractivity contribution is -0.394. The minimum atomic E-state index is -0.635. The number of aryl methyl sites for hydroxylation is 1. The highest BCUT2D eigenvalue weighted by molar-refractivity contribution is 9.09. The second kappa shape index (κ2) is 5.72. The molecule has 0 aliphatic carbocycles. The van der Waals surface area contributed by atoms with Gasteiger partial charge in [-0.2, -0.15) is 0 Å². The number of nitro benzene ring substituents is 2. The van der Waals surface area contributed by atoms with Crippen LogP contribution in [0.5, 0.6) is 0 Å². The van der Waals surface area contributed by atoms with Gasteiger partial charge in [-0.1, -0.05) is 22.9 Å². The summed E-state index contributed by atoms with van der Waals surface area (Å²) in [5, 5.41) is 21.3. The Balaban J connectivity index is 3.04. The summed E-state index contributed by atoms with van der Waals surface area (Å²) in [4.78, 5) is 20.4. The summed E-state index contributed by atoms with van der Waals surface area (Å²) in [6.45, 7) is 1.94. The van der Waals surface area contributed by atoms with Crippen LogP contribution in [0.3, 0.4) is 0 Å². The van der Waals surface area contributed by atoms with Crippen LogP contribution in [-0.4, -0.2) is 14.7 Å². The van der Waals surface area contributed by atoms with E-state index in [1.165, 1.54) is 12.1 Å². The fraction of sp³-hybridized carbons (Fsp3) is 0.400. The van der Waals surface area contributed by atoms with Crippen LogP contribution in [0.2, 0.25) is 0 Å². The Morgan fingerprint density at radius 2 is 1.94 bits per heavy atom. The van der Waals surface area contributed by atoms with Crippen molar-refractivity contribution in [2.75, 3.05) is 0 Å². The molecular formula is C10H11BrN2O4. The highest BCUT2D eigenvalue weighted by atomic mass is 79.9. The Bertz CT molecular complexity index is 448. The van der Waals surface area contributed by atoms with E-state index in [-0.39, 0.29) is 16.2 Å². The normalized spacial score (nSPS) is 12.1. The van der Waals surface area contributed by atoms with Crippen molar-refractivity contribution in [3.05, 3.63) is 44.0 Å². The number of benzene rings is 1. The van der Waals surface area contributed by atoms with Gasteiger partial charge in [-0.15, -0.1) is 0 Å². The highest BCUT2D eigenvalue weighted by Crippen LogP contribution is 2.26. The first-order valence-electron chi connectivity index (χ1n) is 4.97. The van der Waals surface area contributed by atoms with Crippen molar-refractivity contribution in [2.45, 2.75) is 24.6 Å². The molecule has 7 heteroatoms. The minimum Gasteiger partial charge on any atom is -0.258 e. The molecule has 0 fully saturated rings. The van der Waals surface area contributed by atoms with E-state index < -0.39 is 9.85 Å². The van der Waals surface area contributed by atoms with E-state index >= 15 is 0 Å². The van der Waals surface area contributed by atoms with E-state index in [0.717, 1.165) is 12.5 Å². The van der Waals surface area contributed by atoms with Gasteiger partial charge in [0.2, 0.25) is 0 Å². The summed E-state index contributed by atoms with van der Waals surface area (Å²) < 4.78 is 0. The zero-order chi connectivity index (χ0) is 13.0. The molecule has 17 heavy (non-hydrogen) atoms. The third-order valence-corrected chi connectivity index (χ3v) is 2.75. The standard InChI is InChI=1S/C10H11BrN2O4/c1-7(11)2-3-8-4-5-9(12(14)15)6-10(8)13(16)17/h4-7H,2-3H2,1H3. The zero-order valence-electron chi connectivity index (χ0n) is 9.13. The lowest BCUT2D eigenvalue weighted by atomic mass is 10.1. The van der Waals surface area contributed by atoms with Gasteiger partial charge < -0.3 is 0 Å². The SMILES string of the molecule is CC(Br)CCc1ccc([N+](=O)[O-])cc1[N+](=O)[O-]. The fourth-order valence-corrected chi connectivity index (χ4v) is 1.63. The van der Waals surface area contributed by atoms with Crippen molar-refractivity contribution in [2.24, 2.45) is 0 Å². The first kappa shape index (κ1) is 13.6. The lowest BCUT2D eigenvalue weighted by Gasteiger charge is -2.04. The summed E-state index contributed by atoms with van der Waals surface area (Å²) in [6.07, 6.45) is 1.25. The molecule has 0 radical (unpaired) electrons. The van der Waals surface area contributed by atoms with Crippen molar-refractivity contribution in [3.63, 3.8) is 0 Å². The van der Waals surface area contributed by atoms with Gasteiger partial charge in [0, 0.05) is 16.5 Å². The molecule has 0 aliphatic heterocycles. The third kappa shape index (κ3) is 3.77. The van der Waals surface area contributed by atoms with Crippen molar-refractivity contribution < 1.29 is 9.85 Å². The summed E-state index contributed by atoms with van der Waals surface area (Å²) >= 11 is 3.35. The molecule has 0 spiro atoms. The van der Waals surface area contributed by atoms with Crippen LogP contribution in [0.25, 0.3) is 0 Å². The van der Waals surface area contributed by atoms with Crippen molar-refractivity contribution in [1.29, 1.82) is 0 Å². The van der Waals surface area contributed by atoms with Crippen molar-refractivity contribution in [1.82, 2.24) is 0 Å². The predicted molar refractivity (Wildman–Crippen MR) is 66.5 cm³/mol. The molecule has 6 nitrogen and oxygen atoms in total. The van der Waals surface area contributed by atoms with Crippen LogP contribution in [0.1, 0.15) is 18.9 Å². The second-order valence-corrected chi connectivity index (χ2v) is 5.21. The molecule has 0 saturated heterocycles. The smallest absolute Gasteiger partial charge is 0.258 e. The van der Waals surface area contributed by atoms with E-state index in [2.05, 4.69) is 15.9 Å². The monoisotopic (exact) mass is 302 g/mol. The van der Waals surface area contributed by atoms with Gasteiger partial charge in [0.25, 0.3) is 11.4 Å². The lowest BCUT2D eigenvalue weighted by Crippen LogP contribution is -2.00. The average Bonchev–Trinajstić information content (AvgIpc) is 2.25. The van der Waals surface area contributed by atoms with Gasteiger partial charge in [0.1, 0.15) is 0 Å². The first-order chi connectivity index (χ1) is 7.91. The van der Waals surface area contributed by atoms with E-state index in [1.807, 2.05) is 6.92 Å². The molecule has 0 heterocycles. The Morgan fingerprint density at radius 3 is 2.41 bits per heavy atom. The summed E-state index contributed by atoms with van der Waals surface area (Å²) in [7, 11) is 0. The molecule has 1 atom stereocenters. The zero-order valence-corrected chi connectivity index (χ0v) is 10.7. The molecule has 0 amide bonds. The molecular weight excluding hydrogens is 292 g/mol. The summed E-state index contributed by atoms with van der Waals surface area (Å²) in [6, 6.07) is 3.75. The number of nitrogens with zero attached hydrogens (tertiary/aromatic N) is 2. The predicted octanol–water partition coefficient (Wildman–Crippen LogP) is 3.22. The van der Waals surface area contributed by atoms with Crippen LogP contribution in [-0.2, 0) is 6.42 Å². The van der Waals surface area contributed by atoms with E-state index in [4.69, 9.17) is 0 Å². The second-order valence-electron chi connectivity index (χ2n) is 3.65. The van der Waals surface area contributed by atoms with Crippen LogP contribution in [0.15, 0.2) is 18.2 Å². The van der Waals surface area contributed by atoms with Crippen LogP contribution >= 0.6 is 15.9 Å². The molecule has 1 aromatic rings. The van der Waals surface area contributed by atoms with Gasteiger partial charge in [-0.25, -0.2) is 0 Å². The minimum absolute atomic E-state index is 0.188. The number of rotatable bonds is 5. The quantitative estimate of drug-likeness (QED) is 0.475. The van der Waals surface area contributed by atoms with Gasteiger partial charge in [-0.05, 0) is 18.9 Å². The number of hydrogen-bond donors (Lipinski definition) is 0. The maximum Gasteiger partial charge on any atom is 0.279 e. The van der Waals surface area contributed by atoms with Crippen LogP contribution in [0, 0.1) is 20.2 Å². The van der Waals surface area contributed by atoms with Gasteiger partial charge in [-0.3, -0.25) is 20.2 Å². The average molecular weight is 303 g/mol. The van der Waals surface area contributed by atoms with Gasteiger partial charge >= 0.3 is 0 Å². The summed E-state index contributed by atoms with van der Waals surface area (Å²) in [5.41, 5.74) is 0.0755. The topological polar surface area (TPSA) is 86.3 Å². The molecule has 0 bridgehead atoms. The van der Waals surface area contributed by atoms with E-state index in [9.17, 15) is 20.2 Å². The maximum atomic E-state index is 10.8. The Morgan fingerprint density at radius 1 is 1.29 bits per heavy atom. The van der Waals surface area contributed by atoms with Crippen molar-refractivity contribution >= 4 is 27.3 Å². The highest BCUT2D eigenvalue weighted by Gasteiger charge is 2.19. The van der Waals surface area contributed by atoms with Gasteiger partial charge in [0.15, 0.2) is 0 Å². The molecule has 1 aromatic carbocycles. The Kier molecular flexibility index (Phi) is 4.56. The number of nitro groups is 2. The Hall–Kier alpha value is -1.50. The molecule has 1 unspecified atom stereocenters.